The summed E-state index contributed by atoms with van der Waals surface area (Å²) in [6.07, 6.45) is 2.27. The molecule has 41 heavy (non-hydrogen) atoms. The van der Waals surface area contributed by atoms with Crippen molar-refractivity contribution in [3.05, 3.63) is 41.6 Å². The number of aryl methyl sites for hydroxylation is 1. The normalized spacial score (nSPS) is 19.9. The van der Waals surface area contributed by atoms with Gasteiger partial charge in [0.1, 0.15) is 16.2 Å². The first-order valence-corrected chi connectivity index (χ1v) is 16.2. The number of pyridine rings is 2. The number of morpholine rings is 1. The molecule has 5 heterocycles. The Bertz CT molecular complexity index is 1540. The van der Waals surface area contributed by atoms with Crippen molar-refractivity contribution in [2.45, 2.75) is 70.3 Å². The summed E-state index contributed by atoms with van der Waals surface area (Å²) < 4.78 is 37.4. The molecule has 0 bridgehead atoms. The maximum absolute atomic E-state index is 13.6. The van der Waals surface area contributed by atoms with Gasteiger partial charge in [-0.25, -0.2) is 23.2 Å². The lowest BCUT2D eigenvalue weighted by Gasteiger charge is -2.42. The van der Waals surface area contributed by atoms with Crippen molar-refractivity contribution in [2.75, 3.05) is 44.0 Å². The lowest BCUT2D eigenvalue weighted by Crippen LogP contribution is -2.50. The van der Waals surface area contributed by atoms with Gasteiger partial charge in [0, 0.05) is 31.6 Å². The first kappa shape index (κ1) is 29.3. The van der Waals surface area contributed by atoms with E-state index in [0.717, 1.165) is 29.0 Å². The molecule has 0 radical (unpaired) electrons. The van der Waals surface area contributed by atoms with Crippen molar-refractivity contribution in [3.8, 4) is 11.4 Å². The van der Waals surface area contributed by atoms with Gasteiger partial charge in [0.05, 0.1) is 41.7 Å². The molecular weight excluding hydrogens is 542 g/mol. The molecule has 0 unspecified atom stereocenters. The Balaban J connectivity index is 1.60. The molecule has 1 N–H and O–H groups in total. The van der Waals surface area contributed by atoms with Crippen LogP contribution in [0.3, 0.4) is 0 Å². The van der Waals surface area contributed by atoms with Gasteiger partial charge in [-0.15, -0.1) is 0 Å². The number of H-pyrrole nitrogens is 1. The number of amides is 1. The lowest BCUT2D eigenvalue weighted by atomic mass is 9.87. The van der Waals surface area contributed by atoms with E-state index in [1.54, 1.807) is 4.90 Å². The molecule has 2 aliphatic rings. The minimum Gasteiger partial charge on any atom is -0.444 e. The fraction of sp³-hybridized carbons (Fsp3) is 0.567. The van der Waals surface area contributed by atoms with E-state index < -0.39 is 26.3 Å². The van der Waals surface area contributed by atoms with Crippen LogP contribution in [0.5, 0.6) is 0 Å². The van der Waals surface area contributed by atoms with Crippen LogP contribution in [0.1, 0.15) is 58.2 Å². The number of aromatic nitrogens is 3. The van der Waals surface area contributed by atoms with Gasteiger partial charge < -0.3 is 24.3 Å². The van der Waals surface area contributed by atoms with Crippen molar-refractivity contribution >= 4 is 32.8 Å². The van der Waals surface area contributed by atoms with Crippen molar-refractivity contribution in [1.29, 1.82) is 0 Å². The van der Waals surface area contributed by atoms with Crippen molar-refractivity contribution in [2.24, 2.45) is 0 Å². The first-order valence-electron chi connectivity index (χ1n) is 14.3. The average Bonchev–Trinajstić information content (AvgIpc) is 3.30. The van der Waals surface area contributed by atoms with E-state index in [4.69, 9.17) is 19.4 Å². The van der Waals surface area contributed by atoms with Crippen LogP contribution in [-0.2, 0) is 24.1 Å². The van der Waals surface area contributed by atoms with Gasteiger partial charge in [-0.2, -0.15) is 0 Å². The number of sulfone groups is 1. The number of hydrogen-bond acceptors (Lipinski definition) is 8. The number of likely N-dealkylation sites (tertiary alicyclic amines) is 1. The second kappa shape index (κ2) is 10.9. The van der Waals surface area contributed by atoms with Gasteiger partial charge in [-0.1, -0.05) is 6.92 Å². The molecule has 222 valence electrons. The molecule has 0 spiro atoms. The average molecular weight is 584 g/mol. The number of carbonyl (C=O) groups is 1. The highest BCUT2D eigenvalue weighted by atomic mass is 32.2. The van der Waals surface area contributed by atoms with Crippen molar-refractivity contribution in [1.82, 2.24) is 19.9 Å². The number of piperidine rings is 1. The number of aromatic amines is 1. The van der Waals surface area contributed by atoms with Crippen LogP contribution in [0, 0.1) is 6.92 Å². The Kier molecular flexibility index (Phi) is 7.80. The standard InChI is InChI=1S/C30H41N5O5S/c1-7-22-19-39-15-14-35(22)27-18-21(17-26(33-27)24-9-8-23-25(32-24)16-20(2)31-23)30(41(6,37)38)10-12-34(13-11-30)28(36)40-29(3,4)5/h8-9,16-18,22,31H,7,10-15,19H2,1-6H3/t22-/m0/s1. The molecule has 1 atom stereocenters. The fourth-order valence-corrected chi connectivity index (χ4v) is 7.36. The van der Waals surface area contributed by atoms with E-state index in [0.29, 0.717) is 36.7 Å². The van der Waals surface area contributed by atoms with Gasteiger partial charge in [-0.3, -0.25) is 0 Å². The van der Waals surface area contributed by atoms with Crippen LogP contribution in [-0.4, -0.2) is 85.1 Å². The highest BCUT2D eigenvalue weighted by molar-refractivity contribution is 7.91. The largest absolute Gasteiger partial charge is 0.444 e. The Hall–Kier alpha value is -3.18. The Morgan fingerprint density at radius 1 is 1.12 bits per heavy atom. The highest BCUT2D eigenvalue weighted by Crippen LogP contribution is 2.43. The summed E-state index contributed by atoms with van der Waals surface area (Å²) >= 11 is 0. The topological polar surface area (TPSA) is 118 Å². The van der Waals surface area contributed by atoms with Gasteiger partial charge in [0.2, 0.25) is 0 Å². The third-order valence-corrected chi connectivity index (χ3v) is 10.2. The SMILES string of the molecule is CC[C@H]1COCCN1c1cc(C2(S(C)(=O)=O)CCN(C(=O)OC(C)(C)C)CC2)cc(-c2ccc3[nH]c(C)cc3n2)n1. The van der Waals surface area contributed by atoms with E-state index in [1.807, 2.05) is 58.0 Å². The van der Waals surface area contributed by atoms with E-state index in [2.05, 4.69) is 16.8 Å². The molecule has 0 aliphatic carbocycles. The summed E-state index contributed by atoms with van der Waals surface area (Å²) in [4.78, 5) is 29.9. The van der Waals surface area contributed by atoms with E-state index in [-0.39, 0.29) is 32.0 Å². The number of nitrogens with one attached hydrogen (secondary N) is 1. The number of fused-ring (bicyclic) bond motifs is 1. The molecule has 2 saturated heterocycles. The number of ether oxygens (including phenoxy) is 2. The minimum atomic E-state index is -3.60. The smallest absolute Gasteiger partial charge is 0.410 e. The maximum Gasteiger partial charge on any atom is 0.410 e. The molecule has 1 amide bonds. The first-order chi connectivity index (χ1) is 19.3. The molecule has 3 aromatic rings. The monoisotopic (exact) mass is 583 g/mol. The zero-order valence-corrected chi connectivity index (χ0v) is 25.7. The summed E-state index contributed by atoms with van der Waals surface area (Å²) in [7, 11) is -3.60. The summed E-state index contributed by atoms with van der Waals surface area (Å²) in [5, 5.41) is 0. The molecule has 11 heteroatoms. The van der Waals surface area contributed by atoms with Crippen LogP contribution in [0.15, 0.2) is 30.3 Å². The van der Waals surface area contributed by atoms with Crippen LogP contribution in [0.25, 0.3) is 22.4 Å². The highest BCUT2D eigenvalue weighted by Gasteiger charge is 2.47. The van der Waals surface area contributed by atoms with Gasteiger partial charge in [0.25, 0.3) is 0 Å². The summed E-state index contributed by atoms with van der Waals surface area (Å²) in [6, 6.07) is 9.83. The van der Waals surface area contributed by atoms with Crippen molar-refractivity contribution < 1.29 is 22.7 Å². The van der Waals surface area contributed by atoms with Gasteiger partial charge in [0.15, 0.2) is 9.84 Å². The van der Waals surface area contributed by atoms with Gasteiger partial charge in [-0.05, 0) is 82.9 Å². The molecule has 2 fully saturated rings. The third-order valence-electron chi connectivity index (χ3n) is 8.14. The predicted octanol–water partition coefficient (Wildman–Crippen LogP) is 4.82. The molecule has 5 rings (SSSR count). The molecular formula is C30H41N5O5S. The van der Waals surface area contributed by atoms with Crippen LogP contribution < -0.4 is 4.90 Å². The number of nitrogens with zero attached hydrogens (tertiary/aromatic N) is 4. The summed E-state index contributed by atoms with van der Waals surface area (Å²) in [5.74, 6) is 0.720. The summed E-state index contributed by atoms with van der Waals surface area (Å²) in [5.41, 5.74) is 4.13. The molecule has 10 nitrogen and oxygen atoms in total. The maximum atomic E-state index is 13.6. The van der Waals surface area contributed by atoms with E-state index in [9.17, 15) is 13.2 Å². The Labute approximate surface area is 242 Å². The Morgan fingerprint density at radius 3 is 2.51 bits per heavy atom. The lowest BCUT2D eigenvalue weighted by molar-refractivity contribution is 0.0192. The number of rotatable bonds is 5. The van der Waals surface area contributed by atoms with Crippen molar-refractivity contribution in [3.63, 3.8) is 0 Å². The molecule has 0 saturated carbocycles. The van der Waals surface area contributed by atoms with Gasteiger partial charge >= 0.3 is 6.09 Å². The molecule has 0 aromatic carbocycles. The van der Waals surface area contributed by atoms with Crippen LogP contribution in [0.4, 0.5) is 10.6 Å². The Morgan fingerprint density at radius 2 is 1.85 bits per heavy atom. The quantitative estimate of drug-likeness (QED) is 0.454. The van der Waals surface area contributed by atoms with E-state index in [1.165, 1.54) is 6.26 Å². The fourth-order valence-electron chi connectivity index (χ4n) is 5.89. The van der Waals surface area contributed by atoms with Crippen LogP contribution >= 0.6 is 0 Å². The zero-order chi connectivity index (χ0) is 29.6. The number of anilines is 1. The zero-order valence-electron chi connectivity index (χ0n) is 24.9. The summed E-state index contributed by atoms with van der Waals surface area (Å²) in [6.45, 7) is 12.0. The second-order valence-electron chi connectivity index (χ2n) is 12.2. The molecule has 2 aliphatic heterocycles. The third kappa shape index (κ3) is 5.92. The minimum absolute atomic E-state index is 0.130. The van der Waals surface area contributed by atoms with E-state index >= 15 is 0 Å². The number of hydrogen-bond donors (Lipinski definition) is 1. The second-order valence-corrected chi connectivity index (χ2v) is 14.6. The molecule has 3 aromatic heterocycles. The van der Waals surface area contributed by atoms with Crippen LogP contribution in [0.2, 0.25) is 0 Å². The number of carbonyl (C=O) groups excluding carboxylic acids is 1. The predicted molar refractivity (Wildman–Crippen MR) is 160 cm³/mol.